The van der Waals surface area contributed by atoms with Gasteiger partial charge < -0.3 is 20.1 Å². The second-order valence-electron chi connectivity index (χ2n) is 6.29. The predicted molar refractivity (Wildman–Crippen MR) is 98.3 cm³/mol. The molecule has 2 amide bonds. The van der Waals surface area contributed by atoms with Gasteiger partial charge in [0.2, 0.25) is 11.8 Å². The molecule has 0 aromatic heterocycles. The number of aliphatic carboxylic acids is 1. The first-order valence-corrected chi connectivity index (χ1v) is 8.59. The van der Waals surface area contributed by atoms with Crippen molar-refractivity contribution in [2.75, 3.05) is 18.1 Å². The first-order valence-electron chi connectivity index (χ1n) is 8.59. The molecule has 1 aliphatic heterocycles. The molecule has 1 atom stereocenters. The lowest BCUT2D eigenvalue weighted by Crippen LogP contribution is -2.32. The van der Waals surface area contributed by atoms with Crippen LogP contribution >= 0.6 is 0 Å². The maximum atomic E-state index is 12.4. The topological polar surface area (TPSA) is 95.9 Å². The Morgan fingerprint density at radius 3 is 2.48 bits per heavy atom. The third-order valence-corrected chi connectivity index (χ3v) is 4.32. The fourth-order valence-corrected chi connectivity index (χ4v) is 2.93. The van der Waals surface area contributed by atoms with E-state index in [1.165, 1.54) is 0 Å². The van der Waals surface area contributed by atoms with Gasteiger partial charge in [-0.15, -0.1) is 0 Å². The van der Waals surface area contributed by atoms with E-state index in [1.54, 1.807) is 29.2 Å². The van der Waals surface area contributed by atoms with Crippen LogP contribution in [0, 0.1) is 5.92 Å². The quantitative estimate of drug-likeness (QED) is 0.777. The van der Waals surface area contributed by atoms with Gasteiger partial charge in [0.1, 0.15) is 5.75 Å². The van der Waals surface area contributed by atoms with E-state index < -0.39 is 18.5 Å². The molecule has 0 spiro atoms. The normalized spacial score (nSPS) is 16.2. The summed E-state index contributed by atoms with van der Waals surface area (Å²) < 4.78 is 5.08. The number of benzene rings is 2. The van der Waals surface area contributed by atoms with E-state index in [0.29, 0.717) is 24.5 Å². The average molecular weight is 368 g/mol. The number of nitrogens with one attached hydrogen (secondary N) is 1. The molecule has 0 radical (unpaired) electrons. The van der Waals surface area contributed by atoms with Gasteiger partial charge in [0, 0.05) is 25.2 Å². The maximum absolute atomic E-state index is 12.4. The Hall–Kier alpha value is -3.35. The van der Waals surface area contributed by atoms with Crippen molar-refractivity contribution in [3.05, 3.63) is 60.2 Å². The molecule has 1 saturated heterocycles. The fraction of sp³-hybridized carbons (Fsp3) is 0.250. The first kappa shape index (κ1) is 18.4. The minimum absolute atomic E-state index is 0.117. The van der Waals surface area contributed by atoms with Gasteiger partial charge in [-0.3, -0.25) is 9.59 Å². The van der Waals surface area contributed by atoms with Gasteiger partial charge in [-0.05, 0) is 29.8 Å². The summed E-state index contributed by atoms with van der Waals surface area (Å²) in [5.41, 5.74) is 1.66. The molecule has 0 bridgehead atoms. The Labute approximate surface area is 156 Å². The van der Waals surface area contributed by atoms with Crippen LogP contribution in [0.5, 0.6) is 5.75 Å². The lowest BCUT2D eigenvalue weighted by atomic mass is 10.1. The molecule has 1 heterocycles. The molecule has 1 aliphatic rings. The van der Waals surface area contributed by atoms with Gasteiger partial charge >= 0.3 is 5.97 Å². The Bertz CT molecular complexity index is 820. The Balaban J connectivity index is 1.56. The summed E-state index contributed by atoms with van der Waals surface area (Å²) in [6, 6.07) is 16.2. The van der Waals surface area contributed by atoms with Gasteiger partial charge in [0.25, 0.3) is 0 Å². The summed E-state index contributed by atoms with van der Waals surface area (Å²) in [5, 5.41) is 11.5. The Morgan fingerprint density at radius 1 is 1.11 bits per heavy atom. The lowest BCUT2D eigenvalue weighted by molar-refractivity contribution is -0.139. The number of carbonyl (C=O) groups is 3. The number of carbonyl (C=O) groups excluding carboxylic acids is 2. The van der Waals surface area contributed by atoms with Crippen LogP contribution in [0.4, 0.5) is 5.69 Å². The molecule has 7 nitrogen and oxygen atoms in total. The van der Waals surface area contributed by atoms with Crippen molar-refractivity contribution in [3.63, 3.8) is 0 Å². The monoisotopic (exact) mass is 368 g/mol. The second kappa shape index (κ2) is 8.35. The Kier molecular flexibility index (Phi) is 5.71. The molecule has 140 valence electrons. The smallest absolute Gasteiger partial charge is 0.341 e. The van der Waals surface area contributed by atoms with Gasteiger partial charge in [0.15, 0.2) is 6.61 Å². The zero-order valence-electron chi connectivity index (χ0n) is 14.6. The number of carboxylic acid groups (broad SMARTS) is 1. The number of hydrogen-bond donors (Lipinski definition) is 2. The SMILES string of the molecule is O=C(O)COc1ccc(N2C[C@@H](C(=O)NCc3ccccc3)CC2=O)cc1. The van der Waals surface area contributed by atoms with Crippen molar-refractivity contribution in [2.24, 2.45) is 5.92 Å². The second-order valence-corrected chi connectivity index (χ2v) is 6.29. The van der Waals surface area contributed by atoms with Gasteiger partial charge in [-0.1, -0.05) is 30.3 Å². The minimum atomic E-state index is -1.06. The van der Waals surface area contributed by atoms with E-state index in [-0.39, 0.29) is 18.2 Å². The van der Waals surface area contributed by atoms with Crippen molar-refractivity contribution >= 4 is 23.5 Å². The number of hydrogen-bond acceptors (Lipinski definition) is 4. The van der Waals surface area contributed by atoms with E-state index in [4.69, 9.17) is 9.84 Å². The van der Waals surface area contributed by atoms with Crippen molar-refractivity contribution in [3.8, 4) is 5.75 Å². The van der Waals surface area contributed by atoms with E-state index in [1.807, 2.05) is 30.3 Å². The third kappa shape index (κ3) is 4.84. The lowest BCUT2D eigenvalue weighted by Gasteiger charge is -2.17. The van der Waals surface area contributed by atoms with E-state index >= 15 is 0 Å². The van der Waals surface area contributed by atoms with Crippen molar-refractivity contribution in [1.82, 2.24) is 5.32 Å². The molecule has 2 aromatic rings. The summed E-state index contributed by atoms with van der Waals surface area (Å²) in [5.74, 6) is -1.31. The molecule has 0 aliphatic carbocycles. The fourth-order valence-electron chi connectivity index (χ4n) is 2.93. The highest BCUT2D eigenvalue weighted by Gasteiger charge is 2.34. The largest absolute Gasteiger partial charge is 0.482 e. The van der Waals surface area contributed by atoms with Gasteiger partial charge in [-0.2, -0.15) is 0 Å². The Morgan fingerprint density at radius 2 is 1.81 bits per heavy atom. The van der Waals surface area contributed by atoms with Crippen LogP contribution in [0.15, 0.2) is 54.6 Å². The zero-order valence-corrected chi connectivity index (χ0v) is 14.6. The number of carboxylic acids is 1. The van der Waals surface area contributed by atoms with Crippen LogP contribution in [-0.4, -0.2) is 36.0 Å². The van der Waals surface area contributed by atoms with Crippen molar-refractivity contribution in [2.45, 2.75) is 13.0 Å². The summed E-state index contributed by atoms with van der Waals surface area (Å²) in [7, 11) is 0. The molecule has 3 rings (SSSR count). The minimum Gasteiger partial charge on any atom is -0.482 e. The highest BCUT2D eigenvalue weighted by atomic mass is 16.5. The average Bonchev–Trinajstić information content (AvgIpc) is 3.07. The summed E-state index contributed by atoms with van der Waals surface area (Å²) in [6.07, 6.45) is 0.165. The molecule has 0 saturated carbocycles. The number of amides is 2. The molecular weight excluding hydrogens is 348 g/mol. The van der Waals surface area contributed by atoms with Crippen LogP contribution in [0.2, 0.25) is 0 Å². The highest BCUT2D eigenvalue weighted by molar-refractivity contribution is 6.00. The molecule has 2 N–H and O–H groups in total. The highest BCUT2D eigenvalue weighted by Crippen LogP contribution is 2.27. The number of nitrogens with zero attached hydrogens (tertiary/aromatic N) is 1. The van der Waals surface area contributed by atoms with E-state index in [2.05, 4.69) is 5.32 Å². The van der Waals surface area contributed by atoms with Gasteiger partial charge in [-0.25, -0.2) is 4.79 Å². The molecule has 7 heteroatoms. The molecule has 2 aromatic carbocycles. The third-order valence-electron chi connectivity index (χ3n) is 4.32. The van der Waals surface area contributed by atoms with Crippen LogP contribution in [0.3, 0.4) is 0 Å². The number of ether oxygens (including phenoxy) is 1. The summed E-state index contributed by atoms with van der Waals surface area (Å²) in [6.45, 7) is 0.320. The standard InChI is InChI=1S/C20H20N2O5/c23-18-10-15(20(26)21-11-14-4-2-1-3-5-14)12-22(18)16-6-8-17(9-7-16)27-13-19(24)25/h1-9,15H,10-13H2,(H,21,26)(H,24,25)/t15-/m0/s1. The van der Waals surface area contributed by atoms with E-state index in [0.717, 1.165) is 5.56 Å². The molecule has 1 fully saturated rings. The molecule has 0 unspecified atom stereocenters. The van der Waals surface area contributed by atoms with E-state index in [9.17, 15) is 14.4 Å². The zero-order chi connectivity index (χ0) is 19.2. The summed E-state index contributed by atoms with van der Waals surface area (Å²) >= 11 is 0. The predicted octanol–water partition coefficient (Wildman–Crippen LogP) is 1.82. The van der Waals surface area contributed by atoms with Gasteiger partial charge in [0.05, 0.1) is 5.92 Å². The summed E-state index contributed by atoms with van der Waals surface area (Å²) in [4.78, 5) is 36.8. The number of anilines is 1. The maximum Gasteiger partial charge on any atom is 0.341 e. The molecule has 27 heavy (non-hydrogen) atoms. The molecular formula is C20H20N2O5. The first-order chi connectivity index (χ1) is 13.0. The van der Waals surface area contributed by atoms with Crippen LogP contribution in [0.1, 0.15) is 12.0 Å². The van der Waals surface area contributed by atoms with Crippen LogP contribution in [-0.2, 0) is 20.9 Å². The number of rotatable bonds is 7. The van der Waals surface area contributed by atoms with Crippen molar-refractivity contribution < 1.29 is 24.2 Å². The van der Waals surface area contributed by atoms with Crippen molar-refractivity contribution in [1.29, 1.82) is 0 Å². The van der Waals surface area contributed by atoms with Crippen LogP contribution < -0.4 is 15.0 Å². The van der Waals surface area contributed by atoms with Crippen LogP contribution in [0.25, 0.3) is 0 Å².